The van der Waals surface area contributed by atoms with Gasteiger partial charge >= 0.3 is 0 Å². The van der Waals surface area contributed by atoms with Crippen LogP contribution in [0.3, 0.4) is 0 Å². The number of hydrogen-bond donors (Lipinski definition) is 3. The number of H-pyrrole nitrogens is 1. The first kappa shape index (κ1) is 22.1. The number of aryl methyl sites for hydroxylation is 2. The van der Waals surface area contributed by atoms with Gasteiger partial charge < -0.3 is 20.2 Å². The Labute approximate surface area is 193 Å². The highest BCUT2D eigenvalue weighted by molar-refractivity contribution is 7.09. The number of hydrogen-bond acceptors (Lipinski definition) is 4. The van der Waals surface area contributed by atoms with Gasteiger partial charge in [0.2, 0.25) is 0 Å². The second-order valence-electron chi connectivity index (χ2n) is 7.83. The average Bonchev–Trinajstić information content (AvgIpc) is 3.54. The molecule has 7 nitrogen and oxygen atoms in total. The summed E-state index contributed by atoms with van der Waals surface area (Å²) in [4.78, 5) is 9.59. The summed E-state index contributed by atoms with van der Waals surface area (Å²) in [7, 11) is 1.97. The van der Waals surface area contributed by atoms with Crippen molar-refractivity contribution in [3.05, 3.63) is 69.6 Å². The molecule has 3 heterocycles. The number of fused-ring (bicyclic) bond motifs is 1. The number of guanidine groups is 1. The number of nitrogens with zero attached hydrogens (tertiary/aromatic N) is 4. The predicted octanol–water partition coefficient (Wildman–Crippen LogP) is 3.75. The Balaban J connectivity index is 1.40. The van der Waals surface area contributed by atoms with E-state index in [1.807, 2.05) is 18.5 Å². The van der Waals surface area contributed by atoms with Crippen molar-refractivity contribution in [2.24, 2.45) is 12.0 Å². The molecule has 0 saturated carbocycles. The maximum Gasteiger partial charge on any atom is 0.191 e. The van der Waals surface area contributed by atoms with Crippen molar-refractivity contribution in [2.45, 2.75) is 39.7 Å². The van der Waals surface area contributed by atoms with Gasteiger partial charge in [0.15, 0.2) is 11.8 Å². The van der Waals surface area contributed by atoms with E-state index in [1.165, 1.54) is 26.9 Å². The van der Waals surface area contributed by atoms with Crippen molar-refractivity contribution >= 4 is 28.2 Å². The van der Waals surface area contributed by atoms with Crippen LogP contribution in [-0.2, 0) is 32.9 Å². The normalized spacial score (nSPS) is 11.9. The first-order valence-electron chi connectivity index (χ1n) is 11.1. The lowest BCUT2D eigenvalue weighted by Crippen LogP contribution is -2.39. The van der Waals surface area contributed by atoms with Gasteiger partial charge in [-0.1, -0.05) is 31.2 Å². The average molecular weight is 450 g/mol. The van der Waals surface area contributed by atoms with E-state index in [0.29, 0.717) is 6.54 Å². The van der Waals surface area contributed by atoms with E-state index in [1.54, 1.807) is 11.3 Å². The Hall–Kier alpha value is -3.13. The van der Waals surface area contributed by atoms with Crippen LogP contribution in [0.1, 0.15) is 34.6 Å². The van der Waals surface area contributed by atoms with Gasteiger partial charge in [-0.2, -0.15) is 0 Å². The number of aliphatic imine (C=N–C) groups is 1. The highest BCUT2D eigenvalue weighted by Crippen LogP contribution is 2.22. The van der Waals surface area contributed by atoms with Crippen LogP contribution in [0.4, 0.5) is 0 Å². The molecule has 0 radical (unpaired) electrons. The number of thiophene rings is 1. The van der Waals surface area contributed by atoms with Gasteiger partial charge in [-0.25, -0.2) is 4.99 Å². The molecule has 0 aliphatic carbocycles. The van der Waals surface area contributed by atoms with E-state index < -0.39 is 0 Å². The standard InChI is InChI=1S/C24H31N7S/c1-4-18-7-5-9-21-19(15-27-23(18)21)10-12-25-24(26-13-11-20-8-6-14-32-20)28-16-22-30-29-17(2)31(22)3/h5-9,14-15,27H,4,10-13,16H2,1-3H3,(H2,25,26,28). The molecule has 0 fully saturated rings. The highest BCUT2D eigenvalue weighted by atomic mass is 32.1. The quantitative estimate of drug-likeness (QED) is 0.268. The van der Waals surface area contributed by atoms with Gasteiger partial charge in [0, 0.05) is 42.1 Å². The third-order valence-corrected chi connectivity index (χ3v) is 6.70. The predicted molar refractivity (Wildman–Crippen MR) is 132 cm³/mol. The van der Waals surface area contributed by atoms with Crippen LogP contribution in [0, 0.1) is 6.92 Å². The van der Waals surface area contributed by atoms with E-state index in [-0.39, 0.29) is 0 Å². The number of rotatable bonds is 9. The number of aromatic amines is 1. The van der Waals surface area contributed by atoms with Crippen LogP contribution in [-0.4, -0.2) is 38.8 Å². The van der Waals surface area contributed by atoms with E-state index in [4.69, 9.17) is 4.99 Å². The largest absolute Gasteiger partial charge is 0.361 e. The van der Waals surface area contributed by atoms with Crippen molar-refractivity contribution in [1.82, 2.24) is 30.4 Å². The molecule has 3 aromatic heterocycles. The van der Waals surface area contributed by atoms with Gasteiger partial charge in [0.25, 0.3) is 0 Å². The monoisotopic (exact) mass is 449 g/mol. The molecule has 0 unspecified atom stereocenters. The van der Waals surface area contributed by atoms with E-state index >= 15 is 0 Å². The van der Waals surface area contributed by atoms with Crippen molar-refractivity contribution in [2.75, 3.05) is 13.1 Å². The lowest BCUT2D eigenvalue weighted by Gasteiger charge is -2.12. The van der Waals surface area contributed by atoms with Crippen LogP contribution < -0.4 is 10.6 Å². The van der Waals surface area contributed by atoms with Crippen molar-refractivity contribution < 1.29 is 0 Å². The van der Waals surface area contributed by atoms with Gasteiger partial charge in [0.05, 0.1) is 0 Å². The lowest BCUT2D eigenvalue weighted by atomic mass is 10.1. The minimum Gasteiger partial charge on any atom is -0.361 e. The highest BCUT2D eigenvalue weighted by Gasteiger charge is 2.08. The van der Waals surface area contributed by atoms with Crippen molar-refractivity contribution in [3.63, 3.8) is 0 Å². The maximum atomic E-state index is 4.76. The number of aromatic nitrogens is 4. The fraction of sp³-hybridized carbons (Fsp3) is 0.375. The van der Waals surface area contributed by atoms with E-state index in [0.717, 1.165) is 50.0 Å². The van der Waals surface area contributed by atoms with E-state index in [2.05, 4.69) is 74.6 Å². The Morgan fingerprint density at radius 1 is 1.09 bits per heavy atom. The summed E-state index contributed by atoms with van der Waals surface area (Å²) >= 11 is 1.78. The number of nitrogens with one attached hydrogen (secondary N) is 3. The Kier molecular flexibility index (Phi) is 7.21. The van der Waals surface area contributed by atoms with Crippen molar-refractivity contribution in [1.29, 1.82) is 0 Å². The Morgan fingerprint density at radius 3 is 2.66 bits per heavy atom. The van der Waals surface area contributed by atoms with Gasteiger partial charge in [-0.15, -0.1) is 21.5 Å². The molecular weight excluding hydrogens is 418 g/mol. The molecule has 0 saturated heterocycles. The Bertz CT molecular complexity index is 1170. The van der Waals surface area contributed by atoms with E-state index in [9.17, 15) is 0 Å². The molecule has 0 bridgehead atoms. The summed E-state index contributed by atoms with van der Waals surface area (Å²) in [6.45, 7) is 6.26. The molecule has 0 aliphatic heterocycles. The molecule has 0 aliphatic rings. The summed E-state index contributed by atoms with van der Waals surface area (Å²) in [5.41, 5.74) is 3.94. The zero-order valence-electron chi connectivity index (χ0n) is 19.0. The topological polar surface area (TPSA) is 82.9 Å². The third kappa shape index (κ3) is 5.19. The smallest absolute Gasteiger partial charge is 0.191 e. The SMILES string of the molecule is CCc1cccc2c(CCNC(=NCc3nnc(C)n3C)NCCc3cccs3)c[nH]c12. The molecule has 4 rings (SSSR count). The second-order valence-corrected chi connectivity index (χ2v) is 8.86. The zero-order valence-corrected chi connectivity index (χ0v) is 19.8. The second kappa shape index (κ2) is 10.5. The fourth-order valence-electron chi connectivity index (χ4n) is 3.76. The molecule has 0 atom stereocenters. The van der Waals surface area contributed by atoms with Gasteiger partial charge in [-0.3, -0.25) is 0 Å². The first-order chi connectivity index (χ1) is 15.7. The fourth-order valence-corrected chi connectivity index (χ4v) is 4.47. The molecule has 4 aromatic rings. The minimum absolute atomic E-state index is 0.485. The van der Waals surface area contributed by atoms with Crippen molar-refractivity contribution in [3.8, 4) is 0 Å². The molecule has 8 heteroatoms. The van der Waals surface area contributed by atoms with Crippen LogP contribution in [0.5, 0.6) is 0 Å². The first-order valence-corrected chi connectivity index (χ1v) is 12.0. The summed E-state index contributed by atoms with van der Waals surface area (Å²) < 4.78 is 1.98. The van der Waals surface area contributed by atoms with Crippen LogP contribution in [0.2, 0.25) is 0 Å². The molecule has 3 N–H and O–H groups in total. The molecule has 1 aromatic carbocycles. The number of benzene rings is 1. The summed E-state index contributed by atoms with van der Waals surface area (Å²) in [5.74, 6) is 2.54. The lowest BCUT2D eigenvalue weighted by molar-refractivity contribution is 0.747. The molecule has 0 amide bonds. The van der Waals surface area contributed by atoms with Gasteiger partial charge in [-0.05, 0) is 48.8 Å². The summed E-state index contributed by atoms with van der Waals surface area (Å²) in [6, 6.07) is 10.8. The molecular formula is C24H31N7S. The zero-order chi connectivity index (χ0) is 22.3. The number of para-hydroxylation sites is 1. The van der Waals surface area contributed by atoms with Crippen LogP contribution in [0.25, 0.3) is 10.9 Å². The molecule has 32 heavy (non-hydrogen) atoms. The van der Waals surface area contributed by atoms with Gasteiger partial charge in [0.1, 0.15) is 12.4 Å². The minimum atomic E-state index is 0.485. The van der Waals surface area contributed by atoms with Crippen LogP contribution >= 0.6 is 11.3 Å². The summed E-state index contributed by atoms with van der Waals surface area (Å²) in [6.07, 6.45) is 5.06. The summed E-state index contributed by atoms with van der Waals surface area (Å²) in [5, 5.41) is 18.8. The molecule has 0 spiro atoms. The molecule has 168 valence electrons. The van der Waals surface area contributed by atoms with Crippen LogP contribution in [0.15, 0.2) is 46.9 Å². The Morgan fingerprint density at radius 2 is 1.94 bits per heavy atom. The third-order valence-electron chi connectivity index (χ3n) is 5.76. The maximum absolute atomic E-state index is 4.76.